The average Bonchev–Trinajstić information content (AvgIpc) is 2.55. The van der Waals surface area contributed by atoms with Crippen LogP contribution in [0.3, 0.4) is 0 Å². The van der Waals surface area contributed by atoms with E-state index in [1.165, 1.54) is 18.2 Å². The number of hydrogen-bond acceptors (Lipinski definition) is 5. The summed E-state index contributed by atoms with van der Waals surface area (Å²) in [6.45, 7) is 0.201. The van der Waals surface area contributed by atoms with Crippen molar-refractivity contribution < 1.29 is 19.2 Å². The number of methoxy groups -OCH3 is 1. The zero-order chi connectivity index (χ0) is 16.7. The molecule has 0 unspecified atom stereocenters. The molecule has 120 valence electrons. The molecule has 7 heteroatoms. The van der Waals surface area contributed by atoms with Gasteiger partial charge in [-0.2, -0.15) is 0 Å². The fourth-order valence-corrected chi connectivity index (χ4v) is 1.85. The van der Waals surface area contributed by atoms with Gasteiger partial charge < -0.3 is 14.8 Å². The quantitative estimate of drug-likeness (QED) is 0.626. The molecule has 0 heterocycles. The molecule has 1 amide bonds. The van der Waals surface area contributed by atoms with Gasteiger partial charge in [0.1, 0.15) is 11.5 Å². The lowest BCUT2D eigenvalue weighted by Crippen LogP contribution is -2.15. The molecule has 1 N–H and O–H groups in total. The normalized spacial score (nSPS) is 9.96. The van der Waals surface area contributed by atoms with E-state index in [0.29, 0.717) is 11.4 Å². The number of non-ortho nitro benzene ring substituents is 1. The molecule has 7 nitrogen and oxygen atoms in total. The number of nitrogens with zero attached hydrogens (tertiary/aromatic N) is 1. The standard InChI is InChI=1S/C16H16N2O5/c1-22-14-5-7-15(8-6-14)23-10-9-16(19)17-12-3-2-4-13(11-12)18(20)21/h2-8,11H,9-10H2,1H3,(H,17,19). The van der Waals surface area contributed by atoms with Gasteiger partial charge in [-0.15, -0.1) is 0 Å². The lowest BCUT2D eigenvalue weighted by atomic mass is 10.2. The van der Waals surface area contributed by atoms with Crippen molar-refractivity contribution in [2.24, 2.45) is 0 Å². The van der Waals surface area contributed by atoms with Crippen LogP contribution in [0, 0.1) is 10.1 Å². The molecule has 0 aliphatic rings. The van der Waals surface area contributed by atoms with Gasteiger partial charge in [-0.25, -0.2) is 0 Å². The molecule has 0 spiro atoms. The molecule has 0 aliphatic carbocycles. The minimum atomic E-state index is -0.511. The van der Waals surface area contributed by atoms with Gasteiger partial charge in [0.2, 0.25) is 5.91 Å². The highest BCUT2D eigenvalue weighted by Gasteiger charge is 2.08. The summed E-state index contributed by atoms with van der Waals surface area (Å²) < 4.78 is 10.5. The van der Waals surface area contributed by atoms with Crippen LogP contribution in [0.2, 0.25) is 0 Å². The van der Waals surface area contributed by atoms with Crippen LogP contribution in [0.25, 0.3) is 0 Å². The number of ether oxygens (including phenoxy) is 2. The first-order chi connectivity index (χ1) is 11.1. The first-order valence-corrected chi connectivity index (χ1v) is 6.89. The summed E-state index contributed by atoms with van der Waals surface area (Å²) in [5.74, 6) is 1.08. The summed E-state index contributed by atoms with van der Waals surface area (Å²) in [5.41, 5.74) is 0.311. The number of benzene rings is 2. The zero-order valence-corrected chi connectivity index (χ0v) is 12.5. The van der Waals surface area contributed by atoms with Crippen LogP contribution in [0.5, 0.6) is 11.5 Å². The van der Waals surface area contributed by atoms with Gasteiger partial charge in [-0.1, -0.05) is 6.07 Å². The third kappa shape index (κ3) is 4.99. The van der Waals surface area contributed by atoms with Gasteiger partial charge >= 0.3 is 0 Å². The van der Waals surface area contributed by atoms with E-state index in [0.717, 1.165) is 5.75 Å². The van der Waals surface area contributed by atoms with Crippen LogP contribution in [0.1, 0.15) is 6.42 Å². The summed E-state index contributed by atoms with van der Waals surface area (Å²) in [6.07, 6.45) is 0.134. The average molecular weight is 316 g/mol. The maximum atomic E-state index is 11.8. The lowest BCUT2D eigenvalue weighted by molar-refractivity contribution is -0.384. The summed E-state index contributed by atoms with van der Waals surface area (Å²) in [6, 6.07) is 12.8. The number of hydrogen-bond donors (Lipinski definition) is 1. The Labute approximate surface area is 133 Å². The fourth-order valence-electron chi connectivity index (χ4n) is 1.85. The highest BCUT2D eigenvalue weighted by molar-refractivity contribution is 5.91. The number of amides is 1. The Morgan fingerprint density at radius 2 is 1.87 bits per heavy atom. The topological polar surface area (TPSA) is 90.7 Å². The van der Waals surface area contributed by atoms with Crippen LogP contribution in [0.4, 0.5) is 11.4 Å². The van der Waals surface area contributed by atoms with Crippen molar-refractivity contribution in [1.29, 1.82) is 0 Å². The Kier molecular flexibility index (Phi) is 5.51. The summed E-state index contributed by atoms with van der Waals surface area (Å²) in [5, 5.41) is 13.3. The molecule has 0 saturated heterocycles. The predicted octanol–water partition coefficient (Wildman–Crippen LogP) is 3.01. The van der Waals surface area contributed by atoms with E-state index < -0.39 is 4.92 Å². The molecule has 0 aliphatic heterocycles. The molecule has 0 saturated carbocycles. The van der Waals surface area contributed by atoms with Crippen LogP contribution in [-0.2, 0) is 4.79 Å². The van der Waals surface area contributed by atoms with Gasteiger partial charge in [0.15, 0.2) is 0 Å². The van der Waals surface area contributed by atoms with E-state index in [1.54, 1.807) is 37.4 Å². The molecule has 0 aromatic heterocycles. The lowest BCUT2D eigenvalue weighted by Gasteiger charge is -2.08. The molecule has 2 aromatic rings. The van der Waals surface area contributed by atoms with E-state index in [2.05, 4.69) is 5.32 Å². The van der Waals surface area contributed by atoms with Crippen LogP contribution < -0.4 is 14.8 Å². The second-order valence-electron chi connectivity index (χ2n) is 4.63. The van der Waals surface area contributed by atoms with Gasteiger partial charge in [-0.3, -0.25) is 14.9 Å². The van der Waals surface area contributed by atoms with Gasteiger partial charge in [0.05, 0.1) is 25.1 Å². The largest absolute Gasteiger partial charge is 0.497 e. The Hall–Kier alpha value is -3.09. The van der Waals surface area contributed by atoms with Gasteiger partial charge in [0, 0.05) is 17.8 Å². The van der Waals surface area contributed by atoms with Crippen LogP contribution in [0.15, 0.2) is 48.5 Å². The molecule has 0 atom stereocenters. The van der Waals surface area contributed by atoms with Gasteiger partial charge in [-0.05, 0) is 30.3 Å². The van der Waals surface area contributed by atoms with E-state index in [-0.39, 0.29) is 24.6 Å². The maximum absolute atomic E-state index is 11.8. The van der Waals surface area contributed by atoms with Gasteiger partial charge in [0.25, 0.3) is 5.69 Å². The zero-order valence-electron chi connectivity index (χ0n) is 12.5. The molecular weight excluding hydrogens is 300 g/mol. The third-order valence-corrected chi connectivity index (χ3v) is 3.00. The number of rotatable bonds is 7. The van der Waals surface area contributed by atoms with E-state index in [1.807, 2.05) is 0 Å². The number of nitro groups is 1. The second-order valence-corrected chi connectivity index (χ2v) is 4.63. The van der Waals surface area contributed by atoms with Crippen LogP contribution in [-0.4, -0.2) is 24.5 Å². The number of carbonyl (C=O) groups excluding carboxylic acids is 1. The number of carbonyl (C=O) groups is 1. The first-order valence-electron chi connectivity index (χ1n) is 6.89. The van der Waals surface area contributed by atoms with Crippen molar-refractivity contribution in [3.8, 4) is 11.5 Å². The number of nitrogens with one attached hydrogen (secondary N) is 1. The van der Waals surface area contributed by atoms with Crippen molar-refractivity contribution in [3.63, 3.8) is 0 Å². The molecule has 2 rings (SSSR count). The number of anilines is 1. The highest BCUT2D eigenvalue weighted by Crippen LogP contribution is 2.18. The van der Waals surface area contributed by atoms with Crippen molar-refractivity contribution in [2.45, 2.75) is 6.42 Å². The maximum Gasteiger partial charge on any atom is 0.271 e. The smallest absolute Gasteiger partial charge is 0.271 e. The second kappa shape index (κ2) is 7.79. The third-order valence-electron chi connectivity index (χ3n) is 3.00. The number of nitro benzene ring substituents is 1. The molecule has 0 radical (unpaired) electrons. The molecule has 0 fully saturated rings. The molecule has 0 bridgehead atoms. The Morgan fingerprint density at radius 1 is 1.17 bits per heavy atom. The van der Waals surface area contributed by atoms with E-state index >= 15 is 0 Å². The van der Waals surface area contributed by atoms with E-state index in [9.17, 15) is 14.9 Å². The summed E-state index contributed by atoms with van der Waals surface area (Å²) >= 11 is 0. The fraction of sp³-hybridized carbons (Fsp3) is 0.188. The highest BCUT2D eigenvalue weighted by atomic mass is 16.6. The minimum Gasteiger partial charge on any atom is -0.497 e. The predicted molar refractivity (Wildman–Crippen MR) is 84.8 cm³/mol. The van der Waals surface area contributed by atoms with Crippen molar-refractivity contribution >= 4 is 17.3 Å². The van der Waals surface area contributed by atoms with Crippen molar-refractivity contribution in [2.75, 3.05) is 19.0 Å². The molecule has 2 aromatic carbocycles. The molecule has 23 heavy (non-hydrogen) atoms. The minimum absolute atomic E-state index is 0.0720. The Bertz CT molecular complexity index is 685. The summed E-state index contributed by atoms with van der Waals surface area (Å²) in [7, 11) is 1.58. The summed E-state index contributed by atoms with van der Waals surface area (Å²) in [4.78, 5) is 22.0. The van der Waals surface area contributed by atoms with Crippen molar-refractivity contribution in [1.82, 2.24) is 0 Å². The molecular formula is C16H16N2O5. The monoisotopic (exact) mass is 316 g/mol. The van der Waals surface area contributed by atoms with Crippen molar-refractivity contribution in [3.05, 3.63) is 58.6 Å². The SMILES string of the molecule is COc1ccc(OCCC(=O)Nc2cccc([N+](=O)[O-])c2)cc1. The Morgan fingerprint density at radius 3 is 2.52 bits per heavy atom. The van der Waals surface area contributed by atoms with Crippen LogP contribution >= 0.6 is 0 Å². The first kappa shape index (κ1) is 16.3. The van der Waals surface area contributed by atoms with E-state index in [4.69, 9.17) is 9.47 Å². The Balaban J connectivity index is 1.80.